The Morgan fingerprint density at radius 2 is 2.09 bits per heavy atom. The average Bonchev–Trinajstić information content (AvgIpc) is 2.84. The molecule has 2 N–H and O–H groups in total. The Morgan fingerprint density at radius 3 is 2.70 bits per heavy atom. The predicted octanol–water partition coefficient (Wildman–Crippen LogP) is 2.04. The number of rotatable bonds is 5. The van der Waals surface area contributed by atoms with E-state index in [-0.39, 0.29) is 18.3 Å². The third-order valence-electron chi connectivity index (χ3n) is 3.42. The normalized spacial score (nSPS) is 10.6. The second-order valence-electron chi connectivity index (χ2n) is 5.00. The number of fused-ring (bicyclic) bond motifs is 1. The molecule has 0 spiro atoms. The molecule has 0 aliphatic heterocycles. The summed E-state index contributed by atoms with van der Waals surface area (Å²) in [5.41, 5.74) is 1.37. The first-order valence-corrected chi connectivity index (χ1v) is 7.30. The number of aromatic hydroxyl groups is 1. The molecule has 0 saturated heterocycles. The minimum Gasteiger partial charge on any atom is -0.504 e. The summed E-state index contributed by atoms with van der Waals surface area (Å²) in [5.74, 6) is 0.145. The van der Waals surface area contributed by atoms with Gasteiger partial charge >= 0.3 is 6.09 Å². The number of ether oxygens (including phenoxy) is 2. The number of amides is 1. The number of carbonyl (C=O) groups excluding carboxylic acids is 2. The molecule has 0 fully saturated rings. The van der Waals surface area contributed by atoms with Crippen molar-refractivity contribution >= 4 is 22.9 Å². The number of nitrogens with zero attached hydrogens (tertiary/aromatic N) is 1. The Hall–Kier alpha value is -2.70. The third-order valence-corrected chi connectivity index (χ3v) is 3.42. The topological polar surface area (TPSA) is 89.8 Å². The van der Waals surface area contributed by atoms with Crippen molar-refractivity contribution < 1.29 is 24.2 Å². The zero-order chi connectivity index (χ0) is 17.0. The van der Waals surface area contributed by atoms with Crippen LogP contribution in [0.2, 0.25) is 0 Å². The van der Waals surface area contributed by atoms with Crippen LogP contribution in [0.15, 0.2) is 18.3 Å². The maximum Gasteiger partial charge on any atom is 0.418 e. The highest BCUT2D eigenvalue weighted by Gasteiger charge is 2.17. The van der Waals surface area contributed by atoms with Crippen LogP contribution in [0.5, 0.6) is 11.5 Å². The Bertz CT molecular complexity index is 736. The number of hydrogen-bond acceptors (Lipinski definition) is 5. The first-order valence-electron chi connectivity index (χ1n) is 7.30. The molecule has 2 rings (SSSR count). The lowest BCUT2D eigenvalue weighted by atomic mass is 10.1. The number of hydrogen-bond donors (Lipinski definition) is 2. The van der Waals surface area contributed by atoms with Gasteiger partial charge in [0, 0.05) is 31.1 Å². The van der Waals surface area contributed by atoms with Crippen molar-refractivity contribution in [3.8, 4) is 11.5 Å². The molecular formula is C16H20N2O5. The van der Waals surface area contributed by atoms with Gasteiger partial charge in [-0.05, 0) is 25.0 Å². The monoisotopic (exact) mass is 320 g/mol. The van der Waals surface area contributed by atoms with Gasteiger partial charge in [0.15, 0.2) is 11.5 Å². The van der Waals surface area contributed by atoms with E-state index in [1.54, 1.807) is 19.2 Å². The van der Waals surface area contributed by atoms with Gasteiger partial charge in [-0.15, -0.1) is 0 Å². The zero-order valence-electron chi connectivity index (χ0n) is 13.4. The van der Waals surface area contributed by atoms with Gasteiger partial charge in [0.25, 0.3) is 0 Å². The van der Waals surface area contributed by atoms with Crippen LogP contribution >= 0.6 is 0 Å². The van der Waals surface area contributed by atoms with Gasteiger partial charge in [-0.25, -0.2) is 4.79 Å². The molecule has 0 atom stereocenters. The molecule has 0 bridgehead atoms. The summed E-state index contributed by atoms with van der Waals surface area (Å²) in [6, 6.07) is 3.14. The van der Waals surface area contributed by atoms with Crippen molar-refractivity contribution in [3.63, 3.8) is 0 Å². The molecule has 0 unspecified atom stereocenters. The van der Waals surface area contributed by atoms with Crippen LogP contribution in [0.1, 0.15) is 19.4 Å². The van der Waals surface area contributed by atoms with Gasteiger partial charge < -0.3 is 19.9 Å². The summed E-state index contributed by atoms with van der Waals surface area (Å²) in [4.78, 5) is 23.1. The summed E-state index contributed by atoms with van der Waals surface area (Å²) < 4.78 is 11.5. The molecule has 1 aromatic carbocycles. The van der Waals surface area contributed by atoms with Gasteiger partial charge in [-0.1, -0.05) is 0 Å². The van der Waals surface area contributed by atoms with E-state index in [2.05, 4.69) is 5.32 Å². The van der Waals surface area contributed by atoms with E-state index in [0.29, 0.717) is 24.2 Å². The lowest BCUT2D eigenvalue weighted by Crippen LogP contribution is -2.22. The van der Waals surface area contributed by atoms with Crippen molar-refractivity contribution in [3.05, 3.63) is 23.9 Å². The standard InChI is InChI=1S/C16H20N2O5/c1-4-23-16(21)18-9-11(5-6-17-10(2)19)12-7-15(22-3)14(20)8-13(12)18/h7-9,20H,4-6H2,1-3H3,(H,17,19). The zero-order valence-corrected chi connectivity index (χ0v) is 13.4. The molecule has 23 heavy (non-hydrogen) atoms. The Balaban J connectivity index is 2.47. The minimum absolute atomic E-state index is 0.0583. The van der Waals surface area contributed by atoms with E-state index in [0.717, 1.165) is 10.9 Å². The summed E-state index contributed by atoms with van der Waals surface area (Å²) in [6.07, 6.45) is 1.67. The summed E-state index contributed by atoms with van der Waals surface area (Å²) in [5, 5.41) is 13.4. The summed E-state index contributed by atoms with van der Waals surface area (Å²) in [6.45, 7) is 3.87. The Labute approximate surface area is 133 Å². The van der Waals surface area contributed by atoms with E-state index in [1.807, 2.05) is 0 Å². The number of benzene rings is 1. The maximum absolute atomic E-state index is 12.1. The molecule has 124 valence electrons. The van der Waals surface area contributed by atoms with Crippen molar-refractivity contribution in [2.24, 2.45) is 0 Å². The molecule has 1 aromatic heterocycles. The number of aromatic nitrogens is 1. The van der Waals surface area contributed by atoms with E-state index in [4.69, 9.17) is 9.47 Å². The predicted molar refractivity (Wildman–Crippen MR) is 85.0 cm³/mol. The minimum atomic E-state index is -0.521. The maximum atomic E-state index is 12.1. The Morgan fingerprint density at radius 1 is 1.35 bits per heavy atom. The van der Waals surface area contributed by atoms with Crippen LogP contribution in [-0.4, -0.2) is 41.9 Å². The molecule has 0 radical (unpaired) electrons. The molecule has 0 aliphatic rings. The number of carbonyl (C=O) groups is 2. The fourth-order valence-corrected chi connectivity index (χ4v) is 2.39. The summed E-state index contributed by atoms with van der Waals surface area (Å²) >= 11 is 0. The van der Waals surface area contributed by atoms with Crippen LogP contribution < -0.4 is 10.1 Å². The lowest BCUT2D eigenvalue weighted by molar-refractivity contribution is -0.118. The highest BCUT2D eigenvalue weighted by molar-refractivity contribution is 5.94. The van der Waals surface area contributed by atoms with Crippen molar-refractivity contribution in [1.29, 1.82) is 0 Å². The first-order chi connectivity index (χ1) is 11.0. The number of phenols is 1. The second kappa shape index (κ2) is 7.04. The number of nitrogens with one attached hydrogen (secondary N) is 1. The van der Waals surface area contributed by atoms with Gasteiger partial charge in [0.2, 0.25) is 5.91 Å². The summed E-state index contributed by atoms with van der Waals surface area (Å²) in [7, 11) is 1.46. The number of methoxy groups -OCH3 is 1. The van der Waals surface area contributed by atoms with Gasteiger partial charge in [0.1, 0.15) is 0 Å². The average molecular weight is 320 g/mol. The third kappa shape index (κ3) is 3.56. The highest BCUT2D eigenvalue weighted by atomic mass is 16.5. The highest BCUT2D eigenvalue weighted by Crippen LogP contribution is 2.34. The molecule has 1 heterocycles. The van der Waals surface area contributed by atoms with E-state index < -0.39 is 6.09 Å². The fourth-order valence-electron chi connectivity index (χ4n) is 2.39. The van der Waals surface area contributed by atoms with E-state index in [9.17, 15) is 14.7 Å². The van der Waals surface area contributed by atoms with Crippen molar-refractivity contribution in [2.45, 2.75) is 20.3 Å². The smallest absolute Gasteiger partial charge is 0.418 e. The van der Waals surface area contributed by atoms with Gasteiger partial charge in [-0.3, -0.25) is 9.36 Å². The lowest BCUT2D eigenvalue weighted by Gasteiger charge is -2.07. The van der Waals surface area contributed by atoms with Crippen LogP contribution in [0.25, 0.3) is 10.9 Å². The van der Waals surface area contributed by atoms with E-state index >= 15 is 0 Å². The second-order valence-corrected chi connectivity index (χ2v) is 5.00. The molecule has 1 amide bonds. The van der Waals surface area contributed by atoms with E-state index in [1.165, 1.54) is 24.7 Å². The SMILES string of the molecule is CCOC(=O)n1cc(CCNC(C)=O)c2cc(OC)c(O)cc21. The van der Waals surface area contributed by atoms with Crippen LogP contribution in [0.4, 0.5) is 4.79 Å². The largest absolute Gasteiger partial charge is 0.504 e. The molecule has 2 aromatic rings. The van der Waals surface area contributed by atoms with Crippen molar-refractivity contribution in [1.82, 2.24) is 9.88 Å². The molecule has 7 heteroatoms. The van der Waals surface area contributed by atoms with Crippen LogP contribution in [0.3, 0.4) is 0 Å². The first kappa shape index (κ1) is 16.7. The number of phenolic OH excluding ortho intramolecular Hbond substituents is 1. The quantitative estimate of drug-likeness (QED) is 0.880. The van der Waals surface area contributed by atoms with Crippen molar-refractivity contribution in [2.75, 3.05) is 20.3 Å². The van der Waals surface area contributed by atoms with Crippen LogP contribution in [-0.2, 0) is 16.0 Å². The molecule has 0 aliphatic carbocycles. The van der Waals surface area contributed by atoms with Gasteiger partial charge in [-0.2, -0.15) is 0 Å². The fraction of sp³-hybridized carbons (Fsp3) is 0.375. The van der Waals surface area contributed by atoms with Gasteiger partial charge in [0.05, 0.1) is 19.2 Å². The molecule has 7 nitrogen and oxygen atoms in total. The van der Waals surface area contributed by atoms with Crippen LogP contribution in [0, 0.1) is 0 Å². The molecule has 0 saturated carbocycles. The molecular weight excluding hydrogens is 300 g/mol. The Kier molecular flexibility index (Phi) is 5.10.